The van der Waals surface area contributed by atoms with Crippen LogP contribution in [0, 0.1) is 5.82 Å². The molecule has 23 heavy (non-hydrogen) atoms. The van der Waals surface area contributed by atoms with Crippen LogP contribution in [-0.4, -0.2) is 24.2 Å². The molecule has 0 aliphatic carbocycles. The van der Waals surface area contributed by atoms with Crippen LogP contribution in [0.3, 0.4) is 0 Å². The Morgan fingerprint density at radius 1 is 1.26 bits per heavy atom. The van der Waals surface area contributed by atoms with E-state index in [2.05, 4.69) is 5.32 Å². The summed E-state index contributed by atoms with van der Waals surface area (Å²) >= 11 is 0. The Kier molecular flexibility index (Phi) is 4.57. The molecule has 2 aromatic rings. The normalized spacial score (nSPS) is 17.7. The second-order valence-corrected chi connectivity index (χ2v) is 5.51. The first-order valence-corrected chi connectivity index (χ1v) is 7.58. The smallest absolute Gasteiger partial charge is 0.227 e. The van der Waals surface area contributed by atoms with Crippen LogP contribution >= 0.6 is 0 Å². The van der Waals surface area contributed by atoms with E-state index in [0.717, 1.165) is 5.56 Å². The van der Waals surface area contributed by atoms with Gasteiger partial charge in [0, 0.05) is 17.7 Å². The topological polar surface area (TPSA) is 58.6 Å². The zero-order valence-corrected chi connectivity index (χ0v) is 12.5. The molecular weight excluding hydrogens is 297 g/mol. The minimum absolute atomic E-state index is 0.0285. The number of hydrogen-bond acceptors (Lipinski definition) is 3. The first-order chi connectivity index (χ1) is 11.2. The average molecular weight is 315 g/mol. The summed E-state index contributed by atoms with van der Waals surface area (Å²) in [6, 6.07) is 13.4. The van der Waals surface area contributed by atoms with Crippen molar-refractivity contribution in [3.8, 4) is 5.75 Å². The van der Waals surface area contributed by atoms with Crippen LogP contribution in [0.2, 0.25) is 0 Å². The number of carbonyl (C=O) groups is 1. The van der Waals surface area contributed by atoms with Crippen molar-refractivity contribution in [1.82, 2.24) is 5.32 Å². The van der Waals surface area contributed by atoms with Crippen LogP contribution in [0.15, 0.2) is 48.5 Å². The van der Waals surface area contributed by atoms with E-state index in [-0.39, 0.29) is 23.9 Å². The number of nitrogens with one attached hydrogen (secondary N) is 1. The van der Waals surface area contributed by atoms with Crippen molar-refractivity contribution in [2.24, 2.45) is 0 Å². The van der Waals surface area contributed by atoms with Crippen molar-refractivity contribution in [3.63, 3.8) is 0 Å². The van der Waals surface area contributed by atoms with Gasteiger partial charge in [-0.15, -0.1) is 0 Å². The highest BCUT2D eigenvalue weighted by atomic mass is 19.1. The Morgan fingerprint density at radius 2 is 2.00 bits per heavy atom. The zero-order chi connectivity index (χ0) is 16.2. The Bertz CT molecular complexity index is 704. The molecule has 1 aliphatic heterocycles. The molecule has 120 valence electrons. The van der Waals surface area contributed by atoms with Crippen LogP contribution in [-0.2, 0) is 4.79 Å². The summed E-state index contributed by atoms with van der Waals surface area (Å²) in [5, 5.41) is 12.8. The van der Waals surface area contributed by atoms with Gasteiger partial charge in [0.15, 0.2) is 0 Å². The van der Waals surface area contributed by atoms with Crippen molar-refractivity contribution in [1.29, 1.82) is 0 Å². The Labute approximate surface area is 133 Å². The first-order valence-electron chi connectivity index (χ1n) is 7.58. The van der Waals surface area contributed by atoms with E-state index < -0.39 is 11.9 Å². The largest absolute Gasteiger partial charge is 0.493 e. The molecule has 1 amide bonds. The van der Waals surface area contributed by atoms with Crippen LogP contribution in [0.4, 0.5) is 4.39 Å². The molecular formula is C18H18FNO3. The number of benzene rings is 2. The Balaban J connectivity index is 1.66. The lowest BCUT2D eigenvalue weighted by Crippen LogP contribution is -2.35. The molecule has 1 heterocycles. The molecule has 2 atom stereocenters. The summed E-state index contributed by atoms with van der Waals surface area (Å²) in [5.74, 6) is -0.261. The lowest BCUT2D eigenvalue weighted by Gasteiger charge is -2.25. The number of amides is 1. The highest BCUT2D eigenvalue weighted by molar-refractivity contribution is 5.84. The maximum atomic E-state index is 13.6. The standard InChI is InChI=1S/C18H18FNO3/c19-15-7-3-1-6-14(15)16(21)11-20-18(22)13-9-10-23-17-8-4-2-5-12(13)17/h1-8,13,16,21H,9-11H2,(H,20,22)/t13-,16-/m0/s1. The van der Waals surface area contributed by atoms with Crippen molar-refractivity contribution in [2.45, 2.75) is 18.4 Å². The van der Waals surface area contributed by atoms with Crippen LogP contribution in [0.5, 0.6) is 5.75 Å². The maximum Gasteiger partial charge on any atom is 0.227 e. The third kappa shape index (κ3) is 3.35. The minimum atomic E-state index is -1.07. The third-order valence-electron chi connectivity index (χ3n) is 4.01. The van der Waals surface area contributed by atoms with E-state index in [0.29, 0.717) is 18.8 Å². The van der Waals surface area contributed by atoms with Gasteiger partial charge in [-0.1, -0.05) is 36.4 Å². The van der Waals surface area contributed by atoms with Crippen molar-refractivity contribution in [2.75, 3.05) is 13.2 Å². The van der Waals surface area contributed by atoms with Gasteiger partial charge in [0.25, 0.3) is 0 Å². The molecule has 0 radical (unpaired) electrons. The predicted octanol–water partition coefficient (Wildman–Crippen LogP) is 2.54. The van der Waals surface area contributed by atoms with Crippen LogP contribution in [0.1, 0.15) is 29.6 Å². The first kappa shape index (κ1) is 15.5. The van der Waals surface area contributed by atoms with Gasteiger partial charge in [0.1, 0.15) is 11.6 Å². The molecule has 0 aromatic heterocycles. The minimum Gasteiger partial charge on any atom is -0.493 e. The SMILES string of the molecule is O=C(NC[C@H](O)c1ccccc1F)[C@H]1CCOc2ccccc21. The number of halogens is 1. The number of aliphatic hydroxyl groups excluding tert-OH is 1. The third-order valence-corrected chi connectivity index (χ3v) is 4.01. The quantitative estimate of drug-likeness (QED) is 0.911. The highest BCUT2D eigenvalue weighted by Gasteiger charge is 2.27. The molecule has 5 heteroatoms. The average Bonchev–Trinajstić information content (AvgIpc) is 2.59. The number of para-hydroxylation sites is 1. The van der Waals surface area contributed by atoms with E-state index in [4.69, 9.17) is 4.74 Å². The maximum absolute atomic E-state index is 13.6. The van der Waals surface area contributed by atoms with Gasteiger partial charge < -0.3 is 15.2 Å². The number of ether oxygens (including phenoxy) is 1. The lowest BCUT2D eigenvalue weighted by atomic mass is 9.92. The Morgan fingerprint density at radius 3 is 2.83 bits per heavy atom. The monoisotopic (exact) mass is 315 g/mol. The molecule has 3 rings (SSSR count). The van der Waals surface area contributed by atoms with Crippen LogP contribution < -0.4 is 10.1 Å². The molecule has 0 saturated carbocycles. The van der Waals surface area contributed by atoms with Crippen molar-refractivity contribution < 1.29 is 19.0 Å². The van der Waals surface area contributed by atoms with Gasteiger partial charge in [0.05, 0.1) is 18.6 Å². The molecule has 2 N–H and O–H groups in total. The van der Waals surface area contributed by atoms with Gasteiger partial charge >= 0.3 is 0 Å². The fourth-order valence-corrected chi connectivity index (χ4v) is 2.79. The van der Waals surface area contributed by atoms with Gasteiger partial charge in [-0.3, -0.25) is 4.79 Å². The Hall–Kier alpha value is -2.40. The molecule has 0 bridgehead atoms. The van der Waals surface area contributed by atoms with Gasteiger partial charge in [0.2, 0.25) is 5.91 Å². The molecule has 0 unspecified atom stereocenters. The van der Waals surface area contributed by atoms with Crippen LogP contribution in [0.25, 0.3) is 0 Å². The fourth-order valence-electron chi connectivity index (χ4n) is 2.79. The fraction of sp³-hybridized carbons (Fsp3) is 0.278. The van der Waals surface area contributed by atoms with Gasteiger partial charge in [-0.05, 0) is 18.6 Å². The zero-order valence-electron chi connectivity index (χ0n) is 12.5. The molecule has 1 aliphatic rings. The number of rotatable bonds is 4. The highest BCUT2D eigenvalue weighted by Crippen LogP contribution is 2.33. The van der Waals surface area contributed by atoms with Crippen molar-refractivity contribution in [3.05, 3.63) is 65.5 Å². The number of hydrogen-bond donors (Lipinski definition) is 2. The van der Waals surface area contributed by atoms with E-state index in [9.17, 15) is 14.3 Å². The second kappa shape index (κ2) is 6.79. The summed E-state index contributed by atoms with van der Waals surface area (Å²) in [6.45, 7) is 0.449. The molecule has 0 spiro atoms. The second-order valence-electron chi connectivity index (χ2n) is 5.51. The van der Waals surface area contributed by atoms with Gasteiger partial charge in [-0.2, -0.15) is 0 Å². The lowest BCUT2D eigenvalue weighted by molar-refractivity contribution is -0.123. The number of aliphatic hydroxyl groups is 1. The summed E-state index contributed by atoms with van der Waals surface area (Å²) in [4.78, 5) is 12.4. The van der Waals surface area contributed by atoms with Gasteiger partial charge in [-0.25, -0.2) is 4.39 Å². The van der Waals surface area contributed by atoms with Crippen molar-refractivity contribution >= 4 is 5.91 Å². The molecule has 0 saturated heterocycles. The summed E-state index contributed by atoms with van der Waals surface area (Å²) in [7, 11) is 0. The number of fused-ring (bicyclic) bond motifs is 1. The molecule has 4 nitrogen and oxygen atoms in total. The summed E-state index contributed by atoms with van der Waals surface area (Å²) < 4.78 is 19.2. The summed E-state index contributed by atoms with van der Waals surface area (Å²) in [6.07, 6.45) is -0.492. The van der Waals surface area contributed by atoms with E-state index in [1.54, 1.807) is 12.1 Å². The summed E-state index contributed by atoms with van der Waals surface area (Å²) in [5.41, 5.74) is 1.02. The number of carbonyl (C=O) groups excluding carboxylic acids is 1. The van der Waals surface area contributed by atoms with E-state index in [1.165, 1.54) is 12.1 Å². The van der Waals surface area contributed by atoms with E-state index in [1.807, 2.05) is 24.3 Å². The molecule has 0 fully saturated rings. The predicted molar refractivity (Wildman–Crippen MR) is 83.7 cm³/mol. The molecule has 2 aromatic carbocycles. The van der Waals surface area contributed by atoms with E-state index >= 15 is 0 Å².